The van der Waals surface area contributed by atoms with Crippen LogP contribution in [0.15, 0.2) is 42.5 Å². The van der Waals surface area contributed by atoms with E-state index in [-0.39, 0.29) is 11.7 Å². The Balaban J connectivity index is 1.52. The quantitative estimate of drug-likeness (QED) is 0.768. The number of fused-ring (bicyclic) bond motifs is 1. The molecule has 1 amide bonds. The Morgan fingerprint density at radius 2 is 1.56 bits per heavy atom. The lowest BCUT2D eigenvalue weighted by Gasteiger charge is -2.16. The lowest BCUT2D eigenvalue weighted by atomic mass is 9.90. The molecule has 5 nitrogen and oxygen atoms in total. The van der Waals surface area contributed by atoms with Gasteiger partial charge in [0.2, 0.25) is 15.9 Å². The number of carbonyl (C=O) groups is 1. The van der Waals surface area contributed by atoms with Gasteiger partial charge in [-0.05, 0) is 60.5 Å². The molecular formula is C21H26N2O3S. The standard InChI is InChI=1S/C21H26N2O3S/c1-22-27(25,26)15-17-8-6-16(7-9-17)14-23-21(24)13-18-10-11-19-4-2-3-5-20(19)12-18/h6-12,22H,2-5,13-15H2,1H3,(H,23,24). The van der Waals surface area contributed by atoms with Gasteiger partial charge in [0.1, 0.15) is 0 Å². The van der Waals surface area contributed by atoms with E-state index in [9.17, 15) is 13.2 Å². The van der Waals surface area contributed by atoms with E-state index in [0.717, 1.165) is 24.0 Å². The molecule has 1 aliphatic rings. The molecule has 0 unspecified atom stereocenters. The second-order valence-electron chi connectivity index (χ2n) is 7.04. The third kappa shape index (κ3) is 5.65. The van der Waals surface area contributed by atoms with Crippen LogP contribution in [0.1, 0.15) is 40.7 Å². The van der Waals surface area contributed by atoms with E-state index in [0.29, 0.717) is 18.5 Å². The van der Waals surface area contributed by atoms with Crippen molar-refractivity contribution in [1.29, 1.82) is 0 Å². The fourth-order valence-corrected chi connectivity index (χ4v) is 4.17. The van der Waals surface area contributed by atoms with Gasteiger partial charge in [-0.3, -0.25) is 4.79 Å². The Morgan fingerprint density at radius 1 is 0.926 bits per heavy atom. The highest BCUT2D eigenvalue weighted by atomic mass is 32.2. The number of carbonyl (C=O) groups excluding carboxylic acids is 1. The number of benzene rings is 2. The molecule has 0 aliphatic heterocycles. The van der Waals surface area contributed by atoms with Crippen molar-refractivity contribution < 1.29 is 13.2 Å². The zero-order chi connectivity index (χ0) is 19.3. The predicted molar refractivity (Wildman–Crippen MR) is 107 cm³/mol. The van der Waals surface area contributed by atoms with Crippen LogP contribution in [0.25, 0.3) is 0 Å². The van der Waals surface area contributed by atoms with Gasteiger partial charge in [-0.15, -0.1) is 0 Å². The number of nitrogens with one attached hydrogen (secondary N) is 2. The molecule has 0 radical (unpaired) electrons. The first-order valence-corrected chi connectivity index (χ1v) is 11.0. The molecule has 144 valence electrons. The number of sulfonamides is 1. The second kappa shape index (κ2) is 8.67. The Labute approximate surface area is 161 Å². The summed E-state index contributed by atoms with van der Waals surface area (Å²) in [4.78, 5) is 12.2. The van der Waals surface area contributed by atoms with Crippen molar-refractivity contribution in [2.75, 3.05) is 7.05 Å². The molecule has 0 heterocycles. The van der Waals surface area contributed by atoms with E-state index >= 15 is 0 Å². The monoisotopic (exact) mass is 386 g/mol. The topological polar surface area (TPSA) is 75.3 Å². The number of amides is 1. The van der Waals surface area contributed by atoms with Crippen LogP contribution in [-0.2, 0) is 46.4 Å². The van der Waals surface area contributed by atoms with Gasteiger partial charge < -0.3 is 5.32 Å². The molecule has 0 aromatic heterocycles. The third-order valence-corrected chi connectivity index (χ3v) is 6.29. The fourth-order valence-electron chi connectivity index (χ4n) is 3.39. The first kappa shape index (κ1) is 19.6. The Hall–Kier alpha value is -2.18. The van der Waals surface area contributed by atoms with Gasteiger partial charge in [-0.1, -0.05) is 42.5 Å². The largest absolute Gasteiger partial charge is 0.352 e. The summed E-state index contributed by atoms with van der Waals surface area (Å²) >= 11 is 0. The van der Waals surface area contributed by atoms with Crippen molar-refractivity contribution in [2.45, 2.75) is 44.4 Å². The van der Waals surface area contributed by atoms with Crippen LogP contribution in [0, 0.1) is 0 Å². The summed E-state index contributed by atoms with van der Waals surface area (Å²) in [6, 6.07) is 13.6. The average Bonchev–Trinajstić information content (AvgIpc) is 2.67. The third-order valence-electron chi connectivity index (χ3n) is 4.96. The van der Waals surface area contributed by atoms with Crippen LogP contribution >= 0.6 is 0 Å². The maximum Gasteiger partial charge on any atom is 0.224 e. The van der Waals surface area contributed by atoms with Crippen LogP contribution in [-0.4, -0.2) is 21.4 Å². The number of aryl methyl sites for hydroxylation is 2. The summed E-state index contributed by atoms with van der Waals surface area (Å²) in [7, 11) is -1.87. The number of hydrogen-bond acceptors (Lipinski definition) is 3. The second-order valence-corrected chi connectivity index (χ2v) is 8.97. The van der Waals surface area contributed by atoms with Crippen molar-refractivity contribution in [3.8, 4) is 0 Å². The smallest absolute Gasteiger partial charge is 0.224 e. The SMILES string of the molecule is CNS(=O)(=O)Cc1ccc(CNC(=O)Cc2ccc3c(c2)CCCC3)cc1. The highest BCUT2D eigenvalue weighted by Gasteiger charge is 2.11. The van der Waals surface area contributed by atoms with E-state index in [2.05, 4.69) is 28.2 Å². The zero-order valence-corrected chi connectivity index (χ0v) is 16.4. The lowest BCUT2D eigenvalue weighted by molar-refractivity contribution is -0.120. The predicted octanol–water partition coefficient (Wildman–Crippen LogP) is 2.47. The first-order valence-electron chi connectivity index (χ1n) is 9.31. The summed E-state index contributed by atoms with van der Waals surface area (Å²) in [5.41, 5.74) is 5.53. The van der Waals surface area contributed by atoms with Crippen LogP contribution in [0.4, 0.5) is 0 Å². The minimum absolute atomic E-state index is 0.00685. The normalized spacial score (nSPS) is 13.8. The van der Waals surface area contributed by atoms with Crippen LogP contribution in [0.3, 0.4) is 0 Å². The van der Waals surface area contributed by atoms with Crippen molar-refractivity contribution in [3.05, 3.63) is 70.3 Å². The van der Waals surface area contributed by atoms with E-state index < -0.39 is 10.0 Å². The maximum absolute atomic E-state index is 12.2. The Bertz CT molecular complexity index is 906. The molecule has 0 saturated heterocycles. The average molecular weight is 387 g/mol. The summed E-state index contributed by atoms with van der Waals surface area (Å²) < 4.78 is 25.4. The maximum atomic E-state index is 12.2. The molecule has 0 atom stereocenters. The van der Waals surface area contributed by atoms with Gasteiger partial charge in [-0.2, -0.15) is 0 Å². The van der Waals surface area contributed by atoms with Crippen LogP contribution in [0.2, 0.25) is 0 Å². The summed E-state index contributed by atoms with van der Waals surface area (Å²) in [6.07, 6.45) is 5.13. The van der Waals surface area contributed by atoms with Gasteiger partial charge >= 0.3 is 0 Å². The summed E-state index contributed by atoms with van der Waals surface area (Å²) in [6.45, 7) is 0.433. The van der Waals surface area contributed by atoms with Gasteiger partial charge in [-0.25, -0.2) is 13.1 Å². The van der Waals surface area contributed by atoms with Crippen molar-refractivity contribution in [1.82, 2.24) is 10.0 Å². The molecule has 0 fully saturated rings. The van der Waals surface area contributed by atoms with Crippen molar-refractivity contribution in [2.24, 2.45) is 0 Å². The Kier molecular flexibility index (Phi) is 6.29. The zero-order valence-electron chi connectivity index (χ0n) is 15.6. The fraction of sp³-hybridized carbons (Fsp3) is 0.381. The molecule has 1 aliphatic carbocycles. The molecule has 2 aromatic rings. The molecule has 6 heteroatoms. The van der Waals surface area contributed by atoms with Gasteiger partial charge in [0, 0.05) is 6.54 Å². The minimum atomic E-state index is -3.27. The summed E-state index contributed by atoms with van der Waals surface area (Å²) in [5.74, 6) is -0.0540. The molecule has 27 heavy (non-hydrogen) atoms. The Morgan fingerprint density at radius 3 is 2.26 bits per heavy atom. The van der Waals surface area contributed by atoms with Crippen molar-refractivity contribution in [3.63, 3.8) is 0 Å². The number of hydrogen-bond donors (Lipinski definition) is 2. The van der Waals surface area contributed by atoms with Crippen molar-refractivity contribution >= 4 is 15.9 Å². The minimum Gasteiger partial charge on any atom is -0.352 e. The lowest BCUT2D eigenvalue weighted by Crippen LogP contribution is -2.24. The first-order chi connectivity index (χ1) is 12.9. The van der Waals surface area contributed by atoms with E-state index in [4.69, 9.17) is 0 Å². The number of rotatable bonds is 7. The molecule has 3 rings (SSSR count). The van der Waals surface area contributed by atoms with Gasteiger partial charge in [0.15, 0.2) is 0 Å². The molecular weight excluding hydrogens is 360 g/mol. The highest BCUT2D eigenvalue weighted by molar-refractivity contribution is 7.88. The van der Waals surface area contributed by atoms with Gasteiger partial charge in [0.25, 0.3) is 0 Å². The van der Waals surface area contributed by atoms with E-state index in [1.54, 1.807) is 12.1 Å². The van der Waals surface area contributed by atoms with Crippen LogP contribution in [0.5, 0.6) is 0 Å². The summed E-state index contributed by atoms with van der Waals surface area (Å²) in [5, 5.41) is 2.94. The highest BCUT2D eigenvalue weighted by Crippen LogP contribution is 2.22. The molecule has 0 bridgehead atoms. The van der Waals surface area contributed by atoms with Crippen LogP contribution < -0.4 is 10.0 Å². The molecule has 2 N–H and O–H groups in total. The molecule has 2 aromatic carbocycles. The molecule has 0 saturated carbocycles. The molecule has 0 spiro atoms. The van der Waals surface area contributed by atoms with E-state index in [1.807, 2.05) is 12.1 Å². The van der Waals surface area contributed by atoms with Gasteiger partial charge in [0.05, 0.1) is 12.2 Å². The van der Waals surface area contributed by atoms with E-state index in [1.165, 1.54) is 31.0 Å².